The second kappa shape index (κ2) is 7.76. The summed E-state index contributed by atoms with van der Waals surface area (Å²) in [5, 5.41) is 8.02. The number of aryl methyl sites for hydroxylation is 1. The van der Waals surface area contributed by atoms with Gasteiger partial charge in [0, 0.05) is 36.5 Å². The first-order valence-electron chi connectivity index (χ1n) is 11.6. The van der Waals surface area contributed by atoms with Crippen molar-refractivity contribution >= 4 is 16.9 Å². The van der Waals surface area contributed by atoms with Gasteiger partial charge in [0.25, 0.3) is 0 Å². The zero-order valence-corrected chi connectivity index (χ0v) is 18.6. The van der Waals surface area contributed by atoms with E-state index in [4.69, 9.17) is 4.42 Å². The maximum Gasteiger partial charge on any atom is 0.343 e. The summed E-state index contributed by atoms with van der Waals surface area (Å²) in [6, 6.07) is 14.3. The van der Waals surface area contributed by atoms with Crippen LogP contribution in [0.15, 0.2) is 57.9 Å². The third-order valence-electron chi connectivity index (χ3n) is 6.97. The highest BCUT2D eigenvalue weighted by Gasteiger charge is 2.36. The second-order valence-corrected chi connectivity index (χ2v) is 9.38. The number of fused-ring (bicyclic) bond motifs is 1. The van der Waals surface area contributed by atoms with Crippen molar-refractivity contribution in [1.29, 1.82) is 0 Å². The third kappa shape index (κ3) is 3.67. The zero-order valence-electron chi connectivity index (χ0n) is 18.6. The summed E-state index contributed by atoms with van der Waals surface area (Å²) in [7, 11) is 0. The first-order chi connectivity index (χ1) is 16.1. The summed E-state index contributed by atoms with van der Waals surface area (Å²) >= 11 is 0. The molecule has 1 N–H and O–H groups in total. The highest BCUT2D eigenvalue weighted by Crippen LogP contribution is 2.33. The number of nitrogens with one attached hydrogen (secondary N) is 1. The Hall–Kier alpha value is -3.61. The fourth-order valence-corrected chi connectivity index (χ4v) is 4.88. The molecule has 1 unspecified atom stereocenters. The Labute approximate surface area is 191 Å². The summed E-state index contributed by atoms with van der Waals surface area (Å²) in [5.74, 6) is 1.44. The minimum Gasteiger partial charge on any atom is -0.464 e. The molecule has 0 spiro atoms. The lowest BCUT2D eigenvalue weighted by atomic mass is 10.0. The van der Waals surface area contributed by atoms with E-state index in [1.165, 1.54) is 0 Å². The van der Waals surface area contributed by atoms with E-state index in [1.54, 1.807) is 10.8 Å². The molecular formula is C26H26N4O3. The number of carbonyl (C=O) groups excluding carboxylic acids is 1. The molecular weight excluding hydrogens is 416 g/mol. The summed E-state index contributed by atoms with van der Waals surface area (Å²) in [6.45, 7) is 4.12. The van der Waals surface area contributed by atoms with Crippen LogP contribution in [-0.2, 0) is 11.3 Å². The lowest BCUT2D eigenvalue weighted by Gasteiger charge is -2.16. The van der Waals surface area contributed by atoms with E-state index in [1.807, 2.05) is 30.0 Å². The Morgan fingerprint density at radius 3 is 2.64 bits per heavy atom. The van der Waals surface area contributed by atoms with Crippen molar-refractivity contribution in [1.82, 2.24) is 19.7 Å². The van der Waals surface area contributed by atoms with E-state index < -0.39 is 0 Å². The van der Waals surface area contributed by atoms with Crippen molar-refractivity contribution in [2.24, 2.45) is 11.8 Å². The molecule has 1 aliphatic heterocycles. The minimum absolute atomic E-state index is 0.207. The van der Waals surface area contributed by atoms with Gasteiger partial charge in [-0.2, -0.15) is 5.10 Å². The van der Waals surface area contributed by atoms with Gasteiger partial charge in [-0.3, -0.25) is 9.36 Å². The number of aromatic amines is 1. The number of likely N-dealkylation sites (tertiary alicyclic amines) is 1. The quantitative estimate of drug-likeness (QED) is 0.502. The zero-order chi connectivity index (χ0) is 22.5. The average Bonchev–Trinajstić information content (AvgIpc) is 3.32. The van der Waals surface area contributed by atoms with Crippen molar-refractivity contribution in [3.63, 3.8) is 0 Å². The van der Waals surface area contributed by atoms with E-state index >= 15 is 0 Å². The monoisotopic (exact) mass is 442 g/mol. The van der Waals surface area contributed by atoms with Crippen LogP contribution in [0.1, 0.15) is 24.8 Å². The van der Waals surface area contributed by atoms with E-state index in [0.717, 1.165) is 65.6 Å². The predicted molar refractivity (Wildman–Crippen MR) is 126 cm³/mol. The molecule has 1 saturated heterocycles. The number of H-pyrrole nitrogens is 1. The Bertz CT molecular complexity index is 1390. The van der Waals surface area contributed by atoms with Crippen LogP contribution < -0.4 is 5.69 Å². The summed E-state index contributed by atoms with van der Waals surface area (Å²) in [5.41, 5.74) is 4.90. The summed E-state index contributed by atoms with van der Waals surface area (Å²) in [4.78, 5) is 26.9. The second-order valence-electron chi connectivity index (χ2n) is 9.38. The van der Waals surface area contributed by atoms with E-state index in [-0.39, 0.29) is 23.4 Å². The third-order valence-corrected chi connectivity index (χ3v) is 6.97. The van der Waals surface area contributed by atoms with Crippen molar-refractivity contribution in [2.45, 2.75) is 32.7 Å². The normalized spacial score (nSPS) is 18.3. The van der Waals surface area contributed by atoms with Crippen LogP contribution in [0.4, 0.5) is 0 Å². The van der Waals surface area contributed by atoms with E-state index in [0.29, 0.717) is 12.4 Å². The molecule has 33 heavy (non-hydrogen) atoms. The number of carbonyl (C=O) groups is 1. The van der Waals surface area contributed by atoms with Crippen LogP contribution in [0.2, 0.25) is 0 Å². The van der Waals surface area contributed by atoms with E-state index in [9.17, 15) is 9.59 Å². The largest absolute Gasteiger partial charge is 0.464 e. The van der Waals surface area contributed by atoms with Gasteiger partial charge in [-0.15, -0.1) is 0 Å². The van der Waals surface area contributed by atoms with Gasteiger partial charge in [0.2, 0.25) is 5.91 Å². The molecule has 7 nitrogen and oxygen atoms in total. The standard InChI is InChI=1S/C26H26N4O3/c1-16-15-33-23-9-8-21(12-22(16)23)18-2-4-19(5-3-18)24-27-28-26(32)30(24)14-17-10-11-29(13-17)25(31)20-6-7-20/h2-5,8-9,12,15,17,20H,6-7,10-11,13-14H2,1H3,(H,28,32). The number of rotatable bonds is 5. The minimum atomic E-state index is -0.207. The lowest BCUT2D eigenvalue weighted by Crippen LogP contribution is -2.31. The molecule has 3 heterocycles. The highest BCUT2D eigenvalue weighted by atomic mass is 16.3. The van der Waals surface area contributed by atoms with Crippen molar-refractivity contribution in [2.75, 3.05) is 13.1 Å². The molecule has 2 aliphatic rings. The smallest absolute Gasteiger partial charge is 0.343 e. The SMILES string of the molecule is Cc1coc2ccc(-c3ccc(-c4n[nH]c(=O)n4CC4CCN(C(=O)C5CC5)C4)cc3)cc12. The number of nitrogens with zero attached hydrogens (tertiary/aromatic N) is 3. The lowest BCUT2D eigenvalue weighted by molar-refractivity contribution is -0.131. The topological polar surface area (TPSA) is 84.1 Å². The van der Waals surface area contributed by atoms with Crippen LogP contribution in [0.25, 0.3) is 33.5 Å². The van der Waals surface area contributed by atoms with Gasteiger partial charge in [0.1, 0.15) is 5.58 Å². The van der Waals surface area contributed by atoms with Gasteiger partial charge in [-0.1, -0.05) is 30.3 Å². The molecule has 2 aromatic carbocycles. The van der Waals surface area contributed by atoms with Crippen LogP contribution in [0.3, 0.4) is 0 Å². The molecule has 1 amide bonds. The number of hydrogen-bond acceptors (Lipinski definition) is 4. The number of amides is 1. The fraction of sp³-hybridized carbons (Fsp3) is 0.346. The van der Waals surface area contributed by atoms with Gasteiger partial charge < -0.3 is 9.32 Å². The van der Waals surface area contributed by atoms with Gasteiger partial charge >= 0.3 is 5.69 Å². The first kappa shape index (κ1) is 20.0. The van der Waals surface area contributed by atoms with Crippen molar-refractivity contribution in [3.05, 3.63) is 64.8 Å². The highest BCUT2D eigenvalue weighted by molar-refractivity contribution is 5.86. The molecule has 7 heteroatoms. The molecule has 2 aromatic heterocycles. The summed E-state index contributed by atoms with van der Waals surface area (Å²) in [6.07, 6.45) is 4.75. The molecule has 6 rings (SSSR count). The van der Waals surface area contributed by atoms with Crippen LogP contribution >= 0.6 is 0 Å². The van der Waals surface area contributed by atoms with Crippen molar-refractivity contribution in [3.8, 4) is 22.5 Å². The van der Waals surface area contributed by atoms with E-state index in [2.05, 4.69) is 34.5 Å². The Kier molecular flexibility index (Phi) is 4.71. The molecule has 0 bridgehead atoms. The molecule has 1 atom stereocenters. The van der Waals surface area contributed by atoms with Crippen LogP contribution in [-0.4, -0.2) is 38.7 Å². The summed E-state index contributed by atoms with van der Waals surface area (Å²) < 4.78 is 7.27. The molecule has 1 saturated carbocycles. The number of aromatic nitrogens is 3. The maximum atomic E-state index is 12.5. The number of furan rings is 1. The molecule has 0 radical (unpaired) electrons. The fourth-order valence-electron chi connectivity index (χ4n) is 4.88. The van der Waals surface area contributed by atoms with Gasteiger partial charge in [0.05, 0.1) is 6.26 Å². The number of benzene rings is 2. The van der Waals surface area contributed by atoms with Crippen LogP contribution in [0, 0.1) is 18.8 Å². The Morgan fingerprint density at radius 1 is 1.09 bits per heavy atom. The molecule has 4 aromatic rings. The van der Waals surface area contributed by atoms with Gasteiger partial charge in [-0.25, -0.2) is 9.89 Å². The predicted octanol–water partition coefficient (Wildman–Crippen LogP) is 4.22. The van der Waals surface area contributed by atoms with Gasteiger partial charge in [-0.05, 0) is 60.9 Å². The number of hydrogen-bond donors (Lipinski definition) is 1. The molecule has 2 fully saturated rings. The van der Waals surface area contributed by atoms with Crippen molar-refractivity contribution < 1.29 is 9.21 Å². The Morgan fingerprint density at radius 2 is 1.85 bits per heavy atom. The molecule has 168 valence electrons. The average molecular weight is 443 g/mol. The Balaban J connectivity index is 1.22. The van der Waals surface area contributed by atoms with Gasteiger partial charge in [0.15, 0.2) is 5.82 Å². The van der Waals surface area contributed by atoms with Crippen LogP contribution in [0.5, 0.6) is 0 Å². The first-order valence-corrected chi connectivity index (χ1v) is 11.6. The molecule has 1 aliphatic carbocycles. The maximum absolute atomic E-state index is 12.5.